The first-order valence-corrected chi connectivity index (χ1v) is 8.72. The quantitative estimate of drug-likeness (QED) is 0.379. The summed E-state index contributed by atoms with van der Waals surface area (Å²) in [6.07, 6.45) is 0. The largest absolute Gasteiger partial charge is 0.363 e. The standard InChI is InChI=1S/C18H9ClFN3O2S/c19-18-12(8-21)14-11-5-2-6-13(20)16(11)26-17(14)15(22-18)9-3-1-4-10(7-9)23(24)25/h1-7,15,22H. The number of hydrogen-bond donors (Lipinski definition) is 1. The first-order chi connectivity index (χ1) is 12.5. The molecule has 3 aromatic rings. The summed E-state index contributed by atoms with van der Waals surface area (Å²) in [5, 5.41) is 24.4. The van der Waals surface area contributed by atoms with Crippen molar-refractivity contribution in [2.75, 3.05) is 0 Å². The Labute approximate surface area is 156 Å². The zero-order valence-electron chi connectivity index (χ0n) is 13.0. The van der Waals surface area contributed by atoms with E-state index in [1.165, 1.54) is 29.5 Å². The summed E-state index contributed by atoms with van der Waals surface area (Å²) in [7, 11) is 0. The molecule has 26 heavy (non-hydrogen) atoms. The molecule has 0 saturated heterocycles. The number of rotatable bonds is 2. The molecule has 1 aliphatic heterocycles. The number of nitro benzene ring substituents is 1. The third-order valence-corrected chi connectivity index (χ3v) is 5.80. The van der Waals surface area contributed by atoms with Gasteiger partial charge in [-0.1, -0.05) is 35.9 Å². The van der Waals surface area contributed by atoms with Crippen LogP contribution in [0.3, 0.4) is 0 Å². The average Bonchev–Trinajstić information content (AvgIpc) is 3.02. The first kappa shape index (κ1) is 16.5. The van der Waals surface area contributed by atoms with Gasteiger partial charge in [0.2, 0.25) is 0 Å². The second-order valence-electron chi connectivity index (χ2n) is 5.69. The lowest BCUT2D eigenvalue weighted by Gasteiger charge is -2.25. The van der Waals surface area contributed by atoms with Crippen LogP contribution < -0.4 is 5.32 Å². The van der Waals surface area contributed by atoms with Gasteiger partial charge in [-0.3, -0.25) is 10.1 Å². The van der Waals surface area contributed by atoms with Gasteiger partial charge < -0.3 is 5.32 Å². The van der Waals surface area contributed by atoms with E-state index < -0.39 is 11.0 Å². The number of halogens is 2. The fourth-order valence-corrected chi connectivity index (χ4v) is 4.63. The van der Waals surface area contributed by atoms with E-state index in [1.54, 1.807) is 24.3 Å². The van der Waals surface area contributed by atoms with Crippen molar-refractivity contribution < 1.29 is 9.31 Å². The van der Waals surface area contributed by atoms with Crippen LogP contribution >= 0.6 is 22.9 Å². The summed E-state index contributed by atoms with van der Waals surface area (Å²) in [6.45, 7) is 0. The Kier molecular flexibility index (Phi) is 3.87. The van der Waals surface area contributed by atoms with E-state index in [0.29, 0.717) is 26.1 Å². The van der Waals surface area contributed by atoms with Crippen LogP contribution in [-0.4, -0.2) is 4.92 Å². The number of nitriles is 1. The molecule has 1 aromatic heterocycles. The fraction of sp³-hybridized carbons (Fsp3) is 0.0556. The number of nitrogens with one attached hydrogen (secondary N) is 1. The van der Waals surface area contributed by atoms with Crippen molar-refractivity contribution in [3.05, 3.63) is 79.6 Å². The molecule has 0 saturated carbocycles. The number of fused-ring (bicyclic) bond motifs is 3. The number of hydrogen-bond acceptors (Lipinski definition) is 5. The monoisotopic (exact) mass is 385 g/mol. The van der Waals surface area contributed by atoms with Gasteiger partial charge in [0.15, 0.2) is 0 Å². The maximum atomic E-state index is 14.3. The average molecular weight is 386 g/mol. The van der Waals surface area contributed by atoms with E-state index in [1.807, 2.05) is 0 Å². The molecular formula is C18H9ClFN3O2S. The highest BCUT2D eigenvalue weighted by Gasteiger charge is 2.32. The molecule has 5 nitrogen and oxygen atoms in total. The molecule has 0 spiro atoms. The van der Waals surface area contributed by atoms with E-state index >= 15 is 0 Å². The van der Waals surface area contributed by atoms with Crippen molar-refractivity contribution in [2.24, 2.45) is 0 Å². The van der Waals surface area contributed by atoms with Crippen LogP contribution in [0.4, 0.5) is 10.1 Å². The first-order valence-electron chi connectivity index (χ1n) is 7.53. The van der Waals surface area contributed by atoms with E-state index in [9.17, 15) is 19.8 Å². The predicted molar refractivity (Wildman–Crippen MR) is 98.2 cm³/mol. The molecule has 0 fully saturated rings. The second kappa shape index (κ2) is 6.09. The minimum absolute atomic E-state index is 0.0516. The maximum Gasteiger partial charge on any atom is 0.269 e. The highest BCUT2D eigenvalue weighted by molar-refractivity contribution is 7.19. The molecule has 1 atom stereocenters. The summed E-state index contributed by atoms with van der Waals surface area (Å²) in [5.74, 6) is -0.381. The van der Waals surface area contributed by atoms with E-state index in [4.69, 9.17) is 11.6 Å². The molecule has 2 heterocycles. The lowest BCUT2D eigenvalue weighted by Crippen LogP contribution is -2.24. The zero-order valence-corrected chi connectivity index (χ0v) is 14.6. The number of allylic oxidation sites excluding steroid dienone is 1. The minimum Gasteiger partial charge on any atom is -0.363 e. The Hall–Kier alpha value is -2.95. The summed E-state index contributed by atoms with van der Waals surface area (Å²) < 4.78 is 14.7. The molecule has 1 aliphatic rings. The van der Waals surface area contributed by atoms with Crippen LogP contribution in [0.15, 0.2) is 47.6 Å². The van der Waals surface area contributed by atoms with Crippen molar-refractivity contribution in [3.63, 3.8) is 0 Å². The van der Waals surface area contributed by atoms with Gasteiger partial charge in [-0.25, -0.2) is 4.39 Å². The third-order valence-electron chi connectivity index (χ3n) is 4.22. The number of nitrogens with zero attached hydrogens (tertiary/aromatic N) is 2. The van der Waals surface area contributed by atoms with Crippen LogP contribution in [-0.2, 0) is 0 Å². The van der Waals surface area contributed by atoms with Gasteiger partial charge in [-0.05, 0) is 11.6 Å². The van der Waals surface area contributed by atoms with Crippen molar-refractivity contribution in [3.8, 4) is 6.07 Å². The Bertz CT molecular complexity index is 1150. The SMILES string of the molecule is N#CC1=C(Cl)NC(c2cccc([N+](=O)[O-])c2)c2sc3c(F)cccc3c21. The number of non-ortho nitro benzene ring substituents is 1. The summed E-state index contributed by atoms with van der Waals surface area (Å²) >= 11 is 7.49. The van der Waals surface area contributed by atoms with Gasteiger partial charge in [-0.15, -0.1) is 11.3 Å². The molecule has 1 N–H and O–H groups in total. The third kappa shape index (κ3) is 2.43. The number of nitro groups is 1. The van der Waals surface area contributed by atoms with Crippen molar-refractivity contribution >= 4 is 44.3 Å². The predicted octanol–water partition coefficient (Wildman–Crippen LogP) is 5.07. The van der Waals surface area contributed by atoms with E-state index in [-0.39, 0.29) is 22.2 Å². The molecule has 8 heteroatoms. The van der Waals surface area contributed by atoms with Gasteiger partial charge in [0.05, 0.1) is 21.2 Å². The Morgan fingerprint density at radius 3 is 2.81 bits per heavy atom. The second-order valence-corrected chi connectivity index (χ2v) is 7.12. The van der Waals surface area contributed by atoms with Gasteiger partial charge >= 0.3 is 0 Å². The van der Waals surface area contributed by atoms with Gasteiger partial charge in [0.1, 0.15) is 17.0 Å². The van der Waals surface area contributed by atoms with Crippen LogP contribution in [0.25, 0.3) is 15.7 Å². The van der Waals surface area contributed by atoms with E-state index in [0.717, 1.165) is 0 Å². The summed E-state index contributed by atoms with van der Waals surface area (Å²) in [5.41, 5.74) is 1.37. The molecule has 0 aliphatic carbocycles. The molecule has 128 valence electrons. The normalized spacial score (nSPS) is 16.1. The van der Waals surface area contributed by atoms with E-state index in [2.05, 4.69) is 11.4 Å². The molecule has 0 radical (unpaired) electrons. The van der Waals surface area contributed by atoms with Crippen molar-refractivity contribution in [1.82, 2.24) is 5.32 Å². The lowest BCUT2D eigenvalue weighted by molar-refractivity contribution is -0.384. The van der Waals surface area contributed by atoms with Crippen molar-refractivity contribution in [2.45, 2.75) is 6.04 Å². The van der Waals surface area contributed by atoms with Crippen LogP contribution in [0.5, 0.6) is 0 Å². The highest BCUT2D eigenvalue weighted by Crippen LogP contribution is 2.46. The molecule has 0 amide bonds. The van der Waals surface area contributed by atoms with Gasteiger partial charge in [-0.2, -0.15) is 5.26 Å². The Morgan fingerprint density at radius 1 is 1.31 bits per heavy atom. The number of benzene rings is 2. The lowest BCUT2D eigenvalue weighted by atomic mass is 9.93. The molecule has 0 bridgehead atoms. The van der Waals surface area contributed by atoms with Crippen LogP contribution in [0.1, 0.15) is 22.0 Å². The van der Waals surface area contributed by atoms with Crippen LogP contribution in [0, 0.1) is 27.3 Å². The molecular weight excluding hydrogens is 377 g/mol. The van der Waals surface area contributed by atoms with Crippen LogP contribution in [0.2, 0.25) is 0 Å². The van der Waals surface area contributed by atoms with Crippen molar-refractivity contribution in [1.29, 1.82) is 5.26 Å². The summed E-state index contributed by atoms with van der Waals surface area (Å²) in [6, 6.07) is 12.4. The fourth-order valence-electron chi connectivity index (χ4n) is 3.10. The minimum atomic E-state index is -0.508. The Balaban J connectivity index is 2.00. The summed E-state index contributed by atoms with van der Waals surface area (Å²) in [4.78, 5) is 11.3. The zero-order chi connectivity index (χ0) is 18.4. The smallest absolute Gasteiger partial charge is 0.269 e. The topological polar surface area (TPSA) is 79.0 Å². The number of thiophene rings is 1. The molecule has 1 unspecified atom stereocenters. The molecule has 4 rings (SSSR count). The molecule has 2 aromatic carbocycles. The highest BCUT2D eigenvalue weighted by atomic mass is 35.5. The maximum absolute atomic E-state index is 14.3. The Morgan fingerprint density at radius 2 is 2.08 bits per heavy atom. The van der Waals surface area contributed by atoms with Gasteiger partial charge in [0, 0.05) is 28.0 Å². The van der Waals surface area contributed by atoms with Gasteiger partial charge in [0.25, 0.3) is 5.69 Å².